The molecule has 0 saturated carbocycles. The van der Waals surface area contributed by atoms with Crippen molar-refractivity contribution in [1.29, 1.82) is 0 Å². The summed E-state index contributed by atoms with van der Waals surface area (Å²) < 4.78 is 0. The van der Waals surface area contributed by atoms with E-state index in [-0.39, 0.29) is 0 Å². The summed E-state index contributed by atoms with van der Waals surface area (Å²) in [5.74, 6) is 1.34. The summed E-state index contributed by atoms with van der Waals surface area (Å²) in [6.07, 6.45) is 3.55. The van der Waals surface area contributed by atoms with Crippen molar-refractivity contribution in [2.45, 2.75) is 26.7 Å². The average Bonchev–Trinajstić information content (AvgIpc) is 2.69. The molecule has 1 N–H and O–H groups in total. The third-order valence-corrected chi connectivity index (χ3v) is 2.49. The maximum absolute atomic E-state index is 4.54. The second-order valence-corrected chi connectivity index (χ2v) is 3.96. The van der Waals surface area contributed by atoms with Crippen LogP contribution < -0.4 is 0 Å². The maximum atomic E-state index is 4.54. The number of imidazole rings is 1. The van der Waals surface area contributed by atoms with E-state index < -0.39 is 0 Å². The number of rotatable bonds is 2. The third-order valence-electron chi connectivity index (χ3n) is 2.49. The van der Waals surface area contributed by atoms with Gasteiger partial charge in [0.05, 0.1) is 0 Å². The number of H-pyrrole nitrogens is 1. The minimum absolute atomic E-state index is 0.517. The van der Waals surface area contributed by atoms with E-state index in [9.17, 15) is 0 Å². The number of aromatic amines is 1. The van der Waals surface area contributed by atoms with Crippen molar-refractivity contribution in [2.75, 3.05) is 0 Å². The Kier molecular flexibility index (Phi) is 2.54. The molecule has 3 heteroatoms. The van der Waals surface area contributed by atoms with Gasteiger partial charge in [-0.15, -0.1) is 0 Å². The normalized spacial score (nSPS) is 10.9. The summed E-state index contributed by atoms with van der Waals surface area (Å²) in [5, 5.41) is 0. The second kappa shape index (κ2) is 3.85. The highest BCUT2D eigenvalue weighted by Gasteiger charge is 2.07. The lowest BCUT2D eigenvalue weighted by molar-refractivity contribution is 0.843. The van der Waals surface area contributed by atoms with Gasteiger partial charge in [0.1, 0.15) is 5.69 Å². The molecule has 3 nitrogen and oxygen atoms in total. The first-order valence-electron chi connectivity index (χ1n) is 5.16. The number of hydrogen-bond acceptors (Lipinski definition) is 2. The summed E-state index contributed by atoms with van der Waals surface area (Å²) in [6.45, 7) is 6.40. The first kappa shape index (κ1) is 9.90. The maximum Gasteiger partial charge on any atom is 0.155 e. The van der Waals surface area contributed by atoms with Crippen LogP contribution in [0.4, 0.5) is 0 Å². The molecule has 0 aliphatic rings. The van der Waals surface area contributed by atoms with E-state index in [1.54, 1.807) is 6.20 Å². The standard InChI is InChI=1S/C12H15N3/c1-8(2)10-4-5-11(15-9(10)3)12-13-6-7-14-12/h4-8H,1-3H3,(H,13,14). The fourth-order valence-electron chi connectivity index (χ4n) is 1.72. The van der Waals surface area contributed by atoms with Gasteiger partial charge in [0.2, 0.25) is 0 Å². The Labute approximate surface area is 89.6 Å². The minimum Gasteiger partial charge on any atom is -0.343 e. The predicted octanol–water partition coefficient (Wildman–Crippen LogP) is 2.90. The van der Waals surface area contributed by atoms with Crippen molar-refractivity contribution in [3.05, 3.63) is 35.8 Å². The molecule has 0 aliphatic heterocycles. The molecule has 2 aromatic heterocycles. The molecular weight excluding hydrogens is 186 g/mol. The monoisotopic (exact) mass is 201 g/mol. The highest BCUT2D eigenvalue weighted by atomic mass is 14.9. The molecule has 0 spiro atoms. The van der Waals surface area contributed by atoms with Crippen LogP contribution in [-0.2, 0) is 0 Å². The highest BCUT2D eigenvalue weighted by molar-refractivity contribution is 5.50. The van der Waals surface area contributed by atoms with E-state index in [2.05, 4.69) is 34.9 Å². The molecule has 0 aliphatic carbocycles. The van der Waals surface area contributed by atoms with Crippen molar-refractivity contribution in [3.63, 3.8) is 0 Å². The summed E-state index contributed by atoms with van der Waals surface area (Å²) >= 11 is 0. The zero-order valence-corrected chi connectivity index (χ0v) is 9.28. The molecule has 78 valence electrons. The quantitative estimate of drug-likeness (QED) is 0.811. The molecular formula is C12H15N3. The summed E-state index contributed by atoms with van der Waals surface area (Å²) in [5.41, 5.74) is 3.28. The Hall–Kier alpha value is -1.64. The number of pyridine rings is 1. The van der Waals surface area contributed by atoms with Gasteiger partial charge in [-0.1, -0.05) is 19.9 Å². The molecule has 2 aromatic rings. The molecule has 0 atom stereocenters. The van der Waals surface area contributed by atoms with Crippen molar-refractivity contribution in [3.8, 4) is 11.5 Å². The Morgan fingerprint density at radius 3 is 2.60 bits per heavy atom. The number of nitrogens with zero attached hydrogens (tertiary/aromatic N) is 2. The first-order chi connectivity index (χ1) is 7.18. The molecule has 2 heterocycles. The number of nitrogens with one attached hydrogen (secondary N) is 1. The van der Waals surface area contributed by atoms with Crippen molar-refractivity contribution in [1.82, 2.24) is 15.0 Å². The van der Waals surface area contributed by atoms with Crippen LogP contribution in [0, 0.1) is 6.92 Å². The Morgan fingerprint density at radius 2 is 2.07 bits per heavy atom. The summed E-state index contributed by atoms with van der Waals surface area (Å²) in [7, 11) is 0. The van der Waals surface area contributed by atoms with E-state index in [4.69, 9.17) is 0 Å². The van der Waals surface area contributed by atoms with Gasteiger partial charge < -0.3 is 4.98 Å². The first-order valence-corrected chi connectivity index (χ1v) is 5.16. The zero-order valence-electron chi connectivity index (χ0n) is 9.28. The SMILES string of the molecule is Cc1nc(-c2ncc[nH]2)ccc1C(C)C. The van der Waals surface area contributed by atoms with Crippen molar-refractivity contribution < 1.29 is 0 Å². The molecule has 0 fully saturated rings. The van der Waals surface area contributed by atoms with Crippen LogP contribution in [0.3, 0.4) is 0 Å². The second-order valence-electron chi connectivity index (χ2n) is 3.96. The third kappa shape index (κ3) is 1.91. The molecule has 0 amide bonds. The van der Waals surface area contributed by atoms with E-state index >= 15 is 0 Å². The summed E-state index contributed by atoms with van der Waals surface area (Å²) in [4.78, 5) is 11.8. The lowest BCUT2D eigenvalue weighted by Crippen LogP contribution is -1.97. The lowest BCUT2D eigenvalue weighted by atomic mass is 10.0. The van der Waals surface area contributed by atoms with Crippen LogP contribution in [0.1, 0.15) is 31.0 Å². The molecule has 15 heavy (non-hydrogen) atoms. The Bertz CT molecular complexity index is 444. The predicted molar refractivity (Wildman–Crippen MR) is 60.6 cm³/mol. The highest BCUT2D eigenvalue weighted by Crippen LogP contribution is 2.20. The topological polar surface area (TPSA) is 41.6 Å². The van der Waals surface area contributed by atoms with Crippen LogP contribution in [0.2, 0.25) is 0 Å². The Balaban J connectivity index is 2.42. The molecule has 0 aromatic carbocycles. The fourth-order valence-corrected chi connectivity index (χ4v) is 1.72. The van der Waals surface area contributed by atoms with Gasteiger partial charge in [0, 0.05) is 18.1 Å². The van der Waals surface area contributed by atoms with Gasteiger partial charge in [-0.05, 0) is 24.5 Å². The Morgan fingerprint density at radius 1 is 1.27 bits per heavy atom. The van der Waals surface area contributed by atoms with E-state index in [1.165, 1.54) is 5.56 Å². The molecule has 0 bridgehead atoms. The number of aryl methyl sites for hydroxylation is 1. The number of hydrogen-bond donors (Lipinski definition) is 1. The van der Waals surface area contributed by atoms with Gasteiger partial charge in [0.25, 0.3) is 0 Å². The van der Waals surface area contributed by atoms with E-state index in [0.29, 0.717) is 5.92 Å². The van der Waals surface area contributed by atoms with Crippen LogP contribution in [0.15, 0.2) is 24.5 Å². The fraction of sp³-hybridized carbons (Fsp3) is 0.333. The van der Waals surface area contributed by atoms with Crippen LogP contribution >= 0.6 is 0 Å². The summed E-state index contributed by atoms with van der Waals surface area (Å²) in [6, 6.07) is 4.14. The average molecular weight is 201 g/mol. The number of aromatic nitrogens is 3. The van der Waals surface area contributed by atoms with Gasteiger partial charge in [-0.3, -0.25) is 0 Å². The molecule has 0 radical (unpaired) electrons. The van der Waals surface area contributed by atoms with Crippen molar-refractivity contribution >= 4 is 0 Å². The minimum atomic E-state index is 0.517. The van der Waals surface area contributed by atoms with Gasteiger partial charge in [0.15, 0.2) is 5.82 Å². The molecule has 0 unspecified atom stereocenters. The van der Waals surface area contributed by atoms with Gasteiger partial charge >= 0.3 is 0 Å². The van der Waals surface area contributed by atoms with Crippen LogP contribution in [0.25, 0.3) is 11.5 Å². The zero-order chi connectivity index (χ0) is 10.8. The lowest BCUT2D eigenvalue weighted by Gasteiger charge is -2.09. The van der Waals surface area contributed by atoms with E-state index in [1.807, 2.05) is 19.2 Å². The van der Waals surface area contributed by atoms with Gasteiger partial charge in [-0.25, -0.2) is 9.97 Å². The largest absolute Gasteiger partial charge is 0.343 e. The van der Waals surface area contributed by atoms with E-state index in [0.717, 1.165) is 17.2 Å². The molecule has 0 saturated heterocycles. The van der Waals surface area contributed by atoms with Crippen LogP contribution in [0.5, 0.6) is 0 Å². The van der Waals surface area contributed by atoms with Gasteiger partial charge in [-0.2, -0.15) is 0 Å². The smallest absolute Gasteiger partial charge is 0.155 e. The van der Waals surface area contributed by atoms with Crippen molar-refractivity contribution in [2.24, 2.45) is 0 Å². The molecule has 2 rings (SSSR count). The van der Waals surface area contributed by atoms with Crippen LogP contribution in [-0.4, -0.2) is 15.0 Å².